The third-order valence-corrected chi connectivity index (χ3v) is 7.37. The third kappa shape index (κ3) is 4.07. The van der Waals surface area contributed by atoms with E-state index >= 15 is 0 Å². The molecule has 0 spiro atoms. The predicted octanol–water partition coefficient (Wildman–Crippen LogP) is 4.95. The molecule has 156 valence electrons. The van der Waals surface area contributed by atoms with E-state index in [2.05, 4.69) is 41.1 Å². The predicted molar refractivity (Wildman–Crippen MR) is 124 cm³/mol. The normalized spacial score (nSPS) is 18.6. The van der Waals surface area contributed by atoms with Crippen LogP contribution in [-0.4, -0.2) is 48.8 Å². The minimum atomic E-state index is -0.575. The quantitative estimate of drug-likeness (QED) is 0.566. The van der Waals surface area contributed by atoms with Gasteiger partial charge in [-0.3, -0.25) is 9.59 Å². The largest absolute Gasteiger partial charge is 0.348 e. The summed E-state index contributed by atoms with van der Waals surface area (Å²) in [6.45, 7) is 3.08. The Morgan fingerprint density at radius 1 is 1.10 bits per heavy atom. The molecule has 2 amide bonds. The van der Waals surface area contributed by atoms with Gasteiger partial charge in [-0.2, -0.15) is 11.3 Å². The lowest BCUT2D eigenvalue weighted by atomic mass is 9.79. The number of nitrogens with zero attached hydrogens (tertiary/aromatic N) is 2. The highest BCUT2D eigenvalue weighted by Gasteiger charge is 2.46. The van der Waals surface area contributed by atoms with Crippen molar-refractivity contribution in [2.24, 2.45) is 5.41 Å². The molecule has 0 unspecified atom stereocenters. The van der Waals surface area contributed by atoms with Gasteiger partial charge in [-0.25, -0.2) is 0 Å². The van der Waals surface area contributed by atoms with Crippen molar-refractivity contribution in [2.45, 2.75) is 19.8 Å². The Morgan fingerprint density at radius 3 is 2.47 bits per heavy atom. The molecule has 3 aromatic rings. The molecular formula is C24H26N2O2S2. The highest BCUT2D eigenvalue weighted by atomic mass is 32.1. The van der Waals surface area contributed by atoms with Crippen LogP contribution in [0.25, 0.3) is 11.1 Å². The molecule has 0 saturated carbocycles. The highest BCUT2D eigenvalue weighted by Crippen LogP contribution is 2.37. The molecule has 3 heterocycles. The number of aryl methyl sites for hydroxylation is 1. The average Bonchev–Trinajstić information content (AvgIpc) is 3.49. The molecule has 0 bridgehead atoms. The second-order valence-electron chi connectivity index (χ2n) is 8.29. The smallest absolute Gasteiger partial charge is 0.254 e. The van der Waals surface area contributed by atoms with E-state index in [0.717, 1.165) is 16.0 Å². The molecule has 1 aliphatic rings. The van der Waals surface area contributed by atoms with E-state index < -0.39 is 5.41 Å². The van der Waals surface area contributed by atoms with Crippen LogP contribution in [-0.2, 0) is 11.2 Å². The zero-order valence-electron chi connectivity index (χ0n) is 17.6. The van der Waals surface area contributed by atoms with Crippen molar-refractivity contribution in [3.8, 4) is 11.1 Å². The summed E-state index contributed by atoms with van der Waals surface area (Å²) < 4.78 is 0. The maximum absolute atomic E-state index is 13.2. The fourth-order valence-corrected chi connectivity index (χ4v) is 5.63. The lowest BCUT2D eigenvalue weighted by Crippen LogP contribution is -2.44. The first-order valence-electron chi connectivity index (χ1n) is 10.1. The second-order valence-corrected chi connectivity index (χ2v) is 10.2. The first kappa shape index (κ1) is 20.8. The minimum Gasteiger partial charge on any atom is -0.348 e. The van der Waals surface area contributed by atoms with E-state index in [0.29, 0.717) is 25.9 Å². The Bertz CT molecular complexity index is 1040. The third-order valence-electron chi connectivity index (χ3n) is 5.83. The number of rotatable bonds is 5. The molecule has 6 heteroatoms. The molecular weight excluding hydrogens is 412 g/mol. The number of benzene rings is 1. The van der Waals surface area contributed by atoms with Crippen LogP contribution in [0.4, 0.5) is 0 Å². The van der Waals surface area contributed by atoms with Gasteiger partial charge >= 0.3 is 0 Å². The van der Waals surface area contributed by atoms with Gasteiger partial charge in [0.05, 0.1) is 11.0 Å². The SMILES string of the molecule is Cc1cc(C(=O)N2CC[C@](Cc3ccc(-c4ccsc4)cc3)(C(=O)N(C)C)C2)cs1. The Labute approximate surface area is 185 Å². The summed E-state index contributed by atoms with van der Waals surface area (Å²) in [6, 6.07) is 12.5. The van der Waals surface area contributed by atoms with Gasteiger partial charge in [0.15, 0.2) is 0 Å². The van der Waals surface area contributed by atoms with Crippen LogP contribution >= 0.6 is 22.7 Å². The van der Waals surface area contributed by atoms with Gasteiger partial charge in [-0.15, -0.1) is 11.3 Å². The number of hydrogen-bond acceptors (Lipinski definition) is 4. The lowest BCUT2D eigenvalue weighted by Gasteiger charge is -2.31. The number of carbonyl (C=O) groups is 2. The molecule has 1 saturated heterocycles. The molecule has 2 aromatic heterocycles. The van der Waals surface area contributed by atoms with Gasteiger partial charge in [-0.1, -0.05) is 24.3 Å². The molecule has 1 fully saturated rings. The van der Waals surface area contributed by atoms with E-state index in [1.54, 1.807) is 41.7 Å². The van der Waals surface area contributed by atoms with Crippen LogP contribution in [0, 0.1) is 12.3 Å². The summed E-state index contributed by atoms with van der Waals surface area (Å²) in [6.07, 6.45) is 1.32. The molecule has 30 heavy (non-hydrogen) atoms. The van der Waals surface area contributed by atoms with E-state index in [1.165, 1.54) is 11.1 Å². The molecule has 1 atom stereocenters. The van der Waals surface area contributed by atoms with Gasteiger partial charge in [0, 0.05) is 37.4 Å². The van der Waals surface area contributed by atoms with Crippen molar-refractivity contribution >= 4 is 34.5 Å². The van der Waals surface area contributed by atoms with Crippen molar-refractivity contribution in [3.05, 3.63) is 68.5 Å². The average molecular weight is 439 g/mol. The number of amides is 2. The number of thiophene rings is 2. The van der Waals surface area contributed by atoms with Crippen molar-refractivity contribution in [1.29, 1.82) is 0 Å². The van der Waals surface area contributed by atoms with Gasteiger partial charge in [0.25, 0.3) is 5.91 Å². The second kappa shape index (κ2) is 8.36. The summed E-state index contributed by atoms with van der Waals surface area (Å²) in [5.41, 5.74) is 3.68. The standard InChI is InChI=1S/C24H26N2O2S2/c1-17-12-21(15-30-17)22(27)26-10-9-24(16-26,23(28)25(2)3)13-18-4-6-19(7-5-18)20-8-11-29-14-20/h4-8,11-12,14-15H,9-10,13,16H2,1-3H3/t24-/m1/s1. The van der Waals surface area contributed by atoms with Crippen molar-refractivity contribution < 1.29 is 9.59 Å². The van der Waals surface area contributed by atoms with E-state index in [1.807, 2.05) is 23.3 Å². The van der Waals surface area contributed by atoms with Crippen LogP contribution in [0.3, 0.4) is 0 Å². The number of hydrogen-bond donors (Lipinski definition) is 0. The fourth-order valence-electron chi connectivity index (χ4n) is 4.29. The summed E-state index contributed by atoms with van der Waals surface area (Å²) >= 11 is 3.27. The molecule has 0 aliphatic carbocycles. The van der Waals surface area contributed by atoms with Gasteiger partial charge in [-0.05, 0) is 59.3 Å². The number of likely N-dealkylation sites (tertiary alicyclic amines) is 1. The van der Waals surface area contributed by atoms with Crippen LogP contribution in [0.1, 0.15) is 27.2 Å². The zero-order valence-corrected chi connectivity index (χ0v) is 19.2. The Balaban J connectivity index is 1.56. The fraction of sp³-hybridized carbons (Fsp3) is 0.333. The van der Waals surface area contributed by atoms with Gasteiger partial charge < -0.3 is 9.80 Å². The van der Waals surface area contributed by atoms with Crippen molar-refractivity contribution in [1.82, 2.24) is 9.80 Å². The molecule has 4 rings (SSSR count). The molecule has 1 aromatic carbocycles. The van der Waals surface area contributed by atoms with Crippen molar-refractivity contribution in [3.63, 3.8) is 0 Å². The summed E-state index contributed by atoms with van der Waals surface area (Å²) in [7, 11) is 3.60. The topological polar surface area (TPSA) is 40.6 Å². The maximum Gasteiger partial charge on any atom is 0.254 e. The summed E-state index contributed by atoms with van der Waals surface area (Å²) in [4.78, 5) is 30.8. The Kier molecular flexibility index (Phi) is 5.80. The Morgan fingerprint density at radius 2 is 1.87 bits per heavy atom. The van der Waals surface area contributed by atoms with Gasteiger partial charge in [0.1, 0.15) is 0 Å². The van der Waals surface area contributed by atoms with Crippen LogP contribution in [0.2, 0.25) is 0 Å². The summed E-state index contributed by atoms with van der Waals surface area (Å²) in [5.74, 6) is 0.127. The molecule has 0 radical (unpaired) electrons. The van der Waals surface area contributed by atoms with Crippen LogP contribution in [0.15, 0.2) is 52.5 Å². The zero-order chi connectivity index (χ0) is 21.3. The Hall–Kier alpha value is -2.44. The number of carbonyl (C=O) groups excluding carboxylic acids is 2. The first-order valence-corrected chi connectivity index (χ1v) is 11.9. The van der Waals surface area contributed by atoms with Crippen LogP contribution < -0.4 is 0 Å². The van der Waals surface area contributed by atoms with Gasteiger partial charge in [0.2, 0.25) is 5.91 Å². The van der Waals surface area contributed by atoms with Crippen LogP contribution in [0.5, 0.6) is 0 Å². The monoisotopic (exact) mass is 438 g/mol. The maximum atomic E-state index is 13.2. The first-order chi connectivity index (χ1) is 14.4. The molecule has 1 aliphatic heterocycles. The lowest BCUT2D eigenvalue weighted by molar-refractivity contribution is -0.138. The molecule has 0 N–H and O–H groups in total. The summed E-state index contributed by atoms with van der Waals surface area (Å²) in [5, 5.41) is 6.13. The van der Waals surface area contributed by atoms with E-state index in [-0.39, 0.29) is 11.8 Å². The minimum absolute atomic E-state index is 0.0283. The highest BCUT2D eigenvalue weighted by molar-refractivity contribution is 7.10. The van der Waals surface area contributed by atoms with Crippen molar-refractivity contribution in [2.75, 3.05) is 27.2 Å². The molecule has 4 nitrogen and oxygen atoms in total. The van der Waals surface area contributed by atoms with E-state index in [9.17, 15) is 9.59 Å². The van der Waals surface area contributed by atoms with E-state index in [4.69, 9.17) is 0 Å².